The van der Waals surface area contributed by atoms with Gasteiger partial charge in [0.25, 0.3) is 0 Å². The fourth-order valence-corrected chi connectivity index (χ4v) is 5.47. The van der Waals surface area contributed by atoms with E-state index in [0.29, 0.717) is 9.54 Å². The van der Waals surface area contributed by atoms with Crippen LogP contribution < -0.4 is 0 Å². The highest BCUT2D eigenvalue weighted by atomic mass is 79.9. The number of aromatic amines is 2. The van der Waals surface area contributed by atoms with Gasteiger partial charge < -0.3 is 9.97 Å². The molecule has 0 saturated heterocycles. The monoisotopic (exact) mass is 467 g/mol. The molecule has 2 aromatic heterocycles. The summed E-state index contributed by atoms with van der Waals surface area (Å²) in [4.78, 5) is 10.1. The summed E-state index contributed by atoms with van der Waals surface area (Å²) in [5.74, 6) is 0.883. The first-order valence-corrected chi connectivity index (χ1v) is 9.90. The maximum absolute atomic E-state index is 5.05. The second kappa shape index (κ2) is 8.67. The van der Waals surface area contributed by atoms with E-state index in [0.717, 1.165) is 25.1 Å². The van der Waals surface area contributed by atoms with Gasteiger partial charge in [-0.1, -0.05) is 12.8 Å². The predicted octanol–water partition coefficient (Wildman–Crippen LogP) is 6.13. The Morgan fingerprint density at radius 2 is 1.76 bits per heavy atom. The largest absolute Gasteiger partial charge is 0.321 e. The van der Waals surface area contributed by atoms with Gasteiger partial charge in [-0.15, -0.1) is 11.3 Å². The molecule has 2 heterocycles. The van der Waals surface area contributed by atoms with Crippen LogP contribution in [0.25, 0.3) is 0 Å². The first-order chi connectivity index (χ1) is 10.0. The Kier molecular flexibility index (Phi) is 7.21. The van der Waals surface area contributed by atoms with Crippen molar-refractivity contribution in [3.8, 4) is 0 Å². The number of unbranched alkanes of at least 4 members (excludes halogenated alkanes) is 3. The average molecular weight is 469 g/mol. The van der Waals surface area contributed by atoms with Crippen molar-refractivity contribution >= 4 is 67.6 Å². The number of hydrogen-bond donors (Lipinski definition) is 2. The highest BCUT2D eigenvalue weighted by Gasteiger charge is 2.04. The Bertz CT molecular complexity index is 677. The molecule has 2 rings (SSSR count). The van der Waals surface area contributed by atoms with Gasteiger partial charge in [0.2, 0.25) is 4.77 Å². The third-order valence-corrected chi connectivity index (χ3v) is 5.91. The van der Waals surface area contributed by atoms with Crippen molar-refractivity contribution in [2.45, 2.75) is 38.5 Å². The van der Waals surface area contributed by atoms with Gasteiger partial charge in [-0.05, 0) is 87.2 Å². The highest BCUT2D eigenvalue weighted by molar-refractivity contribution is 9.12. The van der Waals surface area contributed by atoms with E-state index in [9.17, 15) is 0 Å². The maximum atomic E-state index is 5.05. The van der Waals surface area contributed by atoms with Gasteiger partial charge in [0.15, 0.2) is 4.77 Å². The molecule has 0 aliphatic heterocycles. The summed E-state index contributed by atoms with van der Waals surface area (Å²) in [5.41, 5.74) is 1.40. The smallest absolute Gasteiger partial charge is 0.200 e. The number of aromatic nitrogens is 3. The summed E-state index contributed by atoms with van der Waals surface area (Å²) < 4.78 is 3.44. The summed E-state index contributed by atoms with van der Waals surface area (Å²) >= 11 is 18.9. The van der Waals surface area contributed by atoms with E-state index in [2.05, 4.69) is 52.9 Å². The standard InChI is InChI=1S/C13H15Br2N3S3/c14-9-7-8(11(15)21-9)5-3-1-2-4-6-10-16-12(19)18-13(20)17-10/h7H,1-6H2,(H2,16,17,18,19,20). The van der Waals surface area contributed by atoms with Crippen LogP contribution in [0.5, 0.6) is 0 Å². The average Bonchev–Trinajstić information content (AvgIpc) is 2.71. The normalized spacial score (nSPS) is 11.0. The first-order valence-electron chi connectivity index (χ1n) is 6.68. The van der Waals surface area contributed by atoms with Gasteiger partial charge in [0.1, 0.15) is 5.82 Å². The van der Waals surface area contributed by atoms with Gasteiger partial charge in [-0.2, -0.15) is 0 Å². The van der Waals surface area contributed by atoms with Crippen molar-refractivity contribution in [1.82, 2.24) is 15.0 Å². The number of hydrogen-bond acceptors (Lipinski definition) is 4. The summed E-state index contributed by atoms with van der Waals surface area (Å²) in [6.45, 7) is 0. The summed E-state index contributed by atoms with van der Waals surface area (Å²) in [6, 6.07) is 2.20. The lowest BCUT2D eigenvalue weighted by atomic mass is 10.1. The van der Waals surface area contributed by atoms with Crippen molar-refractivity contribution in [3.63, 3.8) is 0 Å². The molecule has 0 fully saturated rings. The maximum Gasteiger partial charge on any atom is 0.200 e. The van der Waals surface area contributed by atoms with Crippen LogP contribution in [0, 0.1) is 9.54 Å². The lowest BCUT2D eigenvalue weighted by Crippen LogP contribution is -1.98. The molecule has 2 aromatic rings. The van der Waals surface area contributed by atoms with E-state index in [1.54, 1.807) is 11.3 Å². The van der Waals surface area contributed by atoms with E-state index in [4.69, 9.17) is 24.4 Å². The number of nitrogens with zero attached hydrogens (tertiary/aromatic N) is 1. The van der Waals surface area contributed by atoms with Gasteiger partial charge in [-0.25, -0.2) is 4.98 Å². The lowest BCUT2D eigenvalue weighted by Gasteiger charge is -2.02. The minimum absolute atomic E-state index is 0.460. The van der Waals surface area contributed by atoms with Gasteiger partial charge in [-0.3, -0.25) is 0 Å². The van der Waals surface area contributed by atoms with Crippen molar-refractivity contribution in [3.05, 3.63) is 34.6 Å². The molecule has 114 valence electrons. The second-order valence-corrected chi connectivity index (χ2v) is 9.25. The molecule has 0 bridgehead atoms. The zero-order valence-electron chi connectivity index (χ0n) is 11.2. The number of rotatable bonds is 7. The number of halogens is 2. The SMILES string of the molecule is S=c1nc(CCCCCCc2cc(Br)sc2Br)[nH]c(=S)[nH]1. The van der Waals surface area contributed by atoms with E-state index in [1.807, 2.05) is 0 Å². The van der Waals surface area contributed by atoms with Crippen molar-refractivity contribution in [2.24, 2.45) is 0 Å². The molecule has 0 saturated carbocycles. The van der Waals surface area contributed by atoms with Crippen LogP contribution in [0.1, 0.15) is 37.1 Å². The Labute approximate surface area is 154 Å². The molecule has 3 nitrogen and oxygen atoms in total. The van der Waals surface area contributed by atoms with Crippen LogP contribution in [-0.2, 0) is 12.8 Å². The summed E-state index contributed by atoms with van der Waals surface area (Å²) in [5, 5.41) is 0. The van der Waals surface area contributed by atoms with Crippen LogP contribution in [0.3, 0.4) is 0 Å². The zero-order valence-corrected chi connectivity index (χ0v) is 16.9. The van der Waals surface area contributed by atoms with Gasteiger partial charge in [0, 0.05) is 6.42 Å². The second-order valence-electron chi connectivity index (χ2n) is 4.71. The Morgan fingerprint density at radius 1 is 1.05 bits per heavy atom. The molecule has 0 aromatic carbocycles. The highest BCUT2D eigenvalue weighted by Crippen LogP contribution is 2.32. The van der Waals surface area contributed by atoms with E-state index < -0.39 is 0 Å². The molecular formula is C13H15Br2N3S3. The summed E-state index contributed by atoms with van der Waals surface area (Å²) in [7, 11) is 0. The van der Waals surface area contributed by atoms with Crippen LogP contribution in [0.2, 0.25) is 0 Å². The molecular weight excluding hydrogens is 454 g/mol. The fraction of sp³-hybridized carbons (Fsp3) is 0.462. The molecule has 2 N–H and O–H groups in total. The Morgan fingerprint density at radius 3 is 2.38 bits per heavy atom. The molecule has 0 aliphatic carbocycles. The topological polar surface area (TPSA) is 44.5 Å². The van der Waals surface area contributed by atoms with Crippen LogP contribution in [0.15, 0.2) is 13.6 Å². The molecule has 0 spiro atoms. The molecule has 21 heavy (non-hydrogen) atoms. The van der Waals surface area contributed by atoms with Crippen LogP contribution >= 0.6 is 67.6 Å². The predicted molar refractivity (Wildman–Crippen MR) is 100 cm³/mol. The molecule has 0 aliphatic rings. The van der Waals surface area contributed by atoms with E-state index in [-0.39, 0.29) is 0 Å². The van der Waals surface area contributed by atoms with E-state index in [1.165, 1.54) is 32.4 Å². The Hall–Kier alpha value is 0.110. The van der Waals surface area contributed by atoms with E-state index >= 15 is 0 Å². The van der Waals surface area contributed by atoms with Crippen molar-refractivity contribution in [2.75, 3.05) is 0 Å². The molecule has 0 radical (unpaired) electrons. The fourth-order valence-electron chi connectivity index (χ4n) is 2.06. The Balaban J connectivity index is 1.67. The van der Waals surface area contributed by atoms with Crippen LogP contribution in [0.4, 0.5) is 0 Å². The van der Waals surface area contributed by atoms with Gasteiger partial charge >= 0.3 is 0 Å². The summed E-state index contributed by atoms with van der Waals surface area (Å²) in [6.07, 6.45) is 6.75. The molecule has 0 unspecified atom stereocenters. The number of nitrogens with one attached hydrogen (secondary N) is 2. The molecule has 0 atom stereocenters. The quantitative estimate of drug-likeness (QED) is 0.379. The molecule has 0 amide bonds. The molecule has 8 heteroatoms. The minimum atomic E-state index is 0.460. The van der Waals surface area contributed by atoms with Crippen LogP contribution in [-0.4, -0.2) is 15.0 Å². The van der Waals surface area contributed by atoms with Gasteiger partial charge in [0.05, 0.1) is 7.57 Å². The third-order valence-electron chi connectivity index (χ3n) is 3.05. The van der Waals surface area contributed by atoms with Crippen molar-refractivity contribution in [1.29, 1.82) is 0 Å². The third kappa shape index (κ3) is 6.02. The van der Waals surface area contributed by atoms with Crippen molar-refractivity contribution < 1.29 is 0 Å². The number of thiophene rings is 1. The zero-order chi connectivity index (χ0) is 15.2. The first kappa shape index (κ1) is 17.5. The lowest BCUT2D eigenvalue weighted by molar-refractivity contribution is 0.627. The number of aryl methyl sites for hydroxylation is 2. The minimum Gasteiger partial charge on any atom is -0.321 e. The number of H-pyrrole nitrogens is 2.